The lowest BCUT2D eigenvalue weighted by atomic mass is 10.3. The Balaban J connectivity index is 2.29. The van der Waals surface area contributed by atoms with E-state index in [1.54, 1.807) is 18.2 Å². The molecule has 14 heavy (non-hydrogen) atoms. The maximum Gasteiger partial charge on any atom is 0.231 e. The largest absolute Gasteiger partial charge is 0.454 e. The number of hydrogen-bond acceptors (Lipinski definition) is 4. The zero-order valence-electron chi connectivity index (χ0n) is 7.48. The monoisotopic (exact) mass is 215 g/mol. The lowest BCUT2D eigenvalue weighted by molar-refractivity contribution is 0.174. The molecule has 0 unspecified atom stereocenters. The van der Waals surface area contributed by atoms with Crippen LogP contribution in [0.4, 0.5) is 5.69 Å². The van der Waals surface area contributed by atoms with Crippen LogP contribution in [-0.2, 0) is 10.0 Å². The number of ether oxygens (including phenoxy) is 2. The number of hydrogen-bond donors (Lipinski definition) is 1. The average Bonchev–Trinajstić information content (AvgIpc) is 2.47. The number of nitrogens with one attached hydrogen (secondary N) is 1. The third-order valence-corrected chi connectivity index (χ3v) is 2.28. The van der Waals surface area contributed by atoms with Gasteiger partial charge in [0, 0.05) is 6.07 Å². The standard InChI is InChI=1S/C8H9NO4S/c1-14(10,11)9-6-2-3-7-8(4-6)13-5-12-7/h2-4,9H,5H2,1H3. The van der Waals surface area contributed by atoms with Crippen LogP contribution in [0.1, 0.15) is 0 Å². The topological polar surface area (TPSA) is 64.6 Å². The van der Waals surface area contributed by atoms with E-state index >= 15 is 0 Å². The van der Waals surface area contributed by atoms with Crippen molar-refractivity contribution in [2.75, 3.05) is 17.8 Å². The van der Waals surface area contributed by atoms with Gasteiger partial charge in [0.15, 0.2) is 11.5 Å². The maximum absolute atomic E-state index is 10.9. The van der Waals surface area contributed by atoms with E-state index in [1.807, 2.05) is 0 Å². The average molecular weight is 215 g/mol. The molecular weight excluding hydrogens is 206 g/mol. The van der Waals surface area contributed by atoms with Gasteiger partial charge in [-0.25, -0.2) is 8.42 Å². The lowest BCUT2D eigenvalue weighted by Gasteiger charge is -2.03. The van der Waals surface area contributed by atoms with Crippen LogP contribution in [0.3, 0.4) is 0 Å². The third-order valence-electron chi connectivity index (χ3n) is 1.68. The molecule has 1 aromatic carbocycles. The Kier molecular flexibility index (Phi) is 1.99. The van der Waals surface area contributed by atoms with Gasteiger partial charge in [0.25, 0.3) is 0 Å². The first-order valence-corrected chi connectivity index (χ1v) is 5.81. The molecule has 0 aromatic heterocycles. The SMILES string of the molecule is CS(=O)(=O)Nc1ccc2c(c1)OCO2. The van der Waals surface area contributed by atoms with Gasteiger partial charge in [-0.05, 0) is 12.1 Å². The van der Waals surface area contributed by atoms with Crippen LogP contribution in [0.25, 0.3) is 0 Å². The lowest BCUT2D eigenvalue weighted by Crippen LogP contribution is -2.09. The minimum Gasteiger partial charge on any atom is -0.454 e. The Hall–Kier alpha value is -1.43. The summed E-state index contributed by atoms with van der Waals surface area (Å²) >= 11 is 0. The highest BCUT2D eigenvalue weighted by Crippen LogP contribution is 2.34. The zero-order chi connectivity index (χ0) is 10.2. The fourth-order valence-corrected chi connectivity index (χ4v) is 1.73. The van der Waals surface area contributed by atoms with Crippen molar-refractivity contribution in [3.63, 3.8) is 0 Å². The Bertz CT molecular complexity index is 454. The summed E-state index contributed by atoms with van der Waals surface area (Å²) in [7, 11) is -3.24. The molecule has 1 N–H and O–H groups in total. The number of anilines is 1. The van der Waals surface area contributed by atoms with Crippen molar-refractivity contribution in [3.05, 3.63) is 18.2 Å². The van der Waals surface area contributed by atoms with Crippen LogP contribution in [-0.4, -0.2) is 21.5 Å². The Morgan fingerprint density at radius 1 is 1.29 bits per heavy atom. The molecule has 0 bridgehead atoms. The molecule has 1 aliphatic heterocycles. The molecule has 1 aromatic rings. The Morgan fingerprint density at radius 3 is 2.71 bits per heavy atom. The minimum absolute atomic E-state index is 0.178. The molecule has 0 aliphatic carbocycles. The first-order chi connectivity index (χ1) is 6.54. The third kappa shape index (κ3) is 1.90. The predicted octanol–water partition coefficient (Wildman–Crippen LogP) is 0.787. The van der Waals surface area contributed by atoms with E-state index in [0.29, 0.717) is 17.2 Å². The van der Waals surface area contributed by atoms with Crippen molar-refractivity contribution in [1.82, 2.24) is 0 Å². The summed E-state index contributed by atoms with van der Waals surface area (Å²) in [5.74, 6) is 1.18. The number of fused-ring (bicyclic) bond motifs is 1. The fraction of sp³-hybridized carbons (Fsp3) is 0.250. The molecule has 6 heteroatoms. The van der Waals surface area contributed by atoms with E-state index in [1.165, 1.54) is 0 Å². The smallest absolute Gasteiger partial charge is 0.231 e. The van der Waals surface area contributed by atoms with E-state index in [0.717, 1.165) is 6.26 Å². The highest BCUT2D eigenvalue weighted by atomic mass is 32.2. The zero-order valence-corrected chi connectivity index (χ0v) is 8.30. The quantitative estimate of drug-likeness (QED) is 0.792. The van der Waals surface area contributed by atoms with Gasteiger partial charge < -0.3 is 9.47 Å². The summed E-state index contributed by atoms with van der Waals surface area (Å²) in [5.41, 5.74) is 0.469. The van der Waals surface area contributed by atoms with Gasteiger partial charge >= 0.3 is 0 Å². The molecule has 1 heterocycles. The fourth-order valence-electron chi connectivity index (χ4n) is 1.17. The molecule has 76 valence electrons. The van der Waals surface area contributed by atoms with E-state index in [2.05, 4.69) is 4.72 Å². The van der Waals surface area contributed by atoms with Crippen LogP contribution < -0.4 is 14.2 Å². The van der Waals surface area contributed by atoms with Gasteiger partial charge in [0.2, 0.25) is 16.8 Å². The van der Waals surface area contributed by atoms with Crippen LogP contribution in [0.2, 0.25) is 0 Å². The molecule has 0 atom stereocenters. The molecule has 0 amide bonds. The molecule has 2 rings (SSSR count). The first-order valence-electron chi connectivity index (χ1n) is 3.92. The second-order valence-electron chi connectivity index (χ2n) is 2.94. The predicted molar refractivity (Wildman–Crippen MR) is 51.0 cm³/mol. The second-order valence-corrected chi connectivity index (χ2v) is 4.69. The van der Waals surface area contributed by atoms with E-state index in [9.17, 15) is 8.42 Å². The molecule has 0 saturated heterocycles. The van der Waals surface area contributed by atoms with Crippen LogP contribution in [0.15, 0.2) is 18.2 Å². The van der Waals surface area contributed by atoms with Crippen LogP contribution >= 0.6 is 0 Å². The second kappa shape index (κ2) is 3.06. The van der Waals surface area contributed by atoms with Crippen molar-refractivity contribution in [3.8, 4) is 11.5 Å². The highest BCUT2D eigenvalue weighted by Gasteiger charge is 2.14. The van der Waals surface area contributed by atoms with Gasteiger partial charge in [-0.1, -0.05) is 0 Å². The molecule has 0 saturated carbocycles. The van der Waals surface area contributed by atoms with Gasteiger partial charge in [0.05, 0.1) is 11.9 Å². The number of sulfonamides is 1. The summed E-state index contributed by atoms with van der Waals surface area (Å²) in [6.07, 6.45) is 1.09. The minimum atomic E-state index is -3.24. The first kappa shape index (κ1) is 9.14. The Morgan fingerprint density at radius 2 is 2.00 bits per heavy atom. The van der Waals surface area contributed by atoms with Gasteiger partial charge in [-0.3, -0.25) is 4.72 Å². The summed E-state index contributed by atoms with van der Waals surface area (Å²) in [4.78, 5) is 0. The summed E-state index contributed by atoms with van der Waals surface area (Å²) in [6, 6.07) is 4.87. The Labute approximate surface area is 81.7 Å². The molecule has 0 fully saturated rings. The highest BCUT2D eigenvalue weighted by molar-refractivity contribution is 7.92. The van der Waals surface area contributed by atoms with Crippen molar-refractivity contribution in [1.29, 1.82) is 0 Å². The van der Waals surface area contributed by atoms with Gasteiger partial charge in [0.1, 0.15) is 0 Å². The number of rotatable bonds is 2. The van der Waals surface area contributed by atoms with Crippen molar-refractivity contribution in [2.45, 2.75) is 0 Å². The van der Waals surface area contributed by atoms with E-state index in [4.69, 9.17) is 9.47 Å². The number of benzene rings is 1. The van der Waals surface area contributed by atoms with E-state index < -0.39 is 10.0 Å². The van der Waals surface area contributed by atoms with Crippen molar-refractivity contribution in [2.24, 2.45) is 0 Å². The summed E-state index contributed by atoms with van der Waals surface area (Å²) < 4.78 is 34.4. The van der Waals surface area contributed by atoms with Crippen molar-refractivity contribution < 1.29 is 17.9 Å². The molecule has 0 radical (unpaired) electrons. The molecule has 5 nitrogen and oxygen atoms in total. The molecular formula is C8H9NO4S. The van der Waals surface area contributed by atoms with Crippen molar-refractivity contribution >= 4 is 15.7 Å². The van der Waals surface area contributed by atoms with Crippen LogP contribution in [0.5, 0.6) is 11.5 Å². The van der Waals surface area contributed by atoms with Gasteiger partial charge in [-0.2, -0.15) is 0 Å². The molecule has 0 spiro atoms. The van der Waals surface area contributed by atoms with Gasteiger partial charge in [-0.15, -0.1) is 0 Å². The van der Waals surface area contributed by atoms with E-state index in [-0.39, 0.29) is 6.79 Å². The molecule has 1 aliphatic rings. The van der Waals surface area contributed by atoms with Crippen LogP contribution in [0, 0.1) is 0 Å². The maximum atomic E-state index is 10.9. The summed E-state index contributed by atoms with van der Waals surface area (Å²) in [6.45, 7) is 0.178. The summed E-state index contributed by atoms with van der Waals surface area (Å²) in [5, 5.41) is 0. The normalized spacial score (nSPS) is 14.1.